The first-order valence-corrected chi connectivity index (χ1v) is 6.22. The van der Waals surface area contributed by atoms with Gasteiger partial charge < -0.3 is 4.90 Å². The Morgan fingerprint density at radius 1 is 1.18 bits per heavy atom. The minimum atomic E-state index is 0.0161. The van der Waals surface area contributed by atoms with E-state index in [0.29, 0.717) is 0 Å². The molecule has 1 aromatic carbocycles. The van der Waals surface area contributed by atoms with Gasteiger partial charge in [-0.2, -0.15) is 5.26 Å². The third-order valence-corrected chi connectivity index (χ3v) is 3.49. The molecule has 0 unspecified atom stereocenters. The van der Waals surface area contributed by atoms with E-state index in [9.17, 15) is 0 Å². The van der Waals surface area contributed by atoms with E-state index in [1.807, 2.05) is 31.2 Å². The van der Waals surface area contributed by atoms with Crippen LogP contribution < -0.4 is 4.90 Å². The van der Waals surface area contributed by atoms with Crippen LogP contribution in [0.15, 0.2) is 24.3 Å². The fourth-order valence-corrected chi connectivity index (χ4v) is 2.23. The van der Waals surface area contributed by atoms with Crippen molar-refractivity contribution in [2.24, 2.45) is 0 Å². The zero-order valence-corrected chi connectivity index (χ0v) is 10.7. The number of hydrogen-bond acceptors (Lipinski definition) is 3. The summed E-state index contributed by atoms with van der Waals surface area (Å²) in [6.45, 7) is 5.77. The molecule has 1 aliphatic rings. The molecule has 90 valence electrons. The molecule has 1 atom stereocenters. The van der Waals surface area contributed by atoms with Crippen LogP contribution in [0.1, 0.15) is 6.92 Å². The Kier molecular flexibility index (Phi) is 3.88. The Bertz CT molecular complexity index is 402. The Balaban J connectivity index is 1.95. The van der Waals surface area contributed by atoms with Gasteiger partial charge in [-0.05, 0) is 31.2 Å². The van der Waals surface area contributed by atoms with Crippen LogP contribution in [-0.2, 0) is 0 Å². The fourth-order valence-electron chi connectivity index (χ4n) is 2.10. The summed E-state index contributed by atoms with van der Waals surface area (Å²) in [5.74, 6) is 0. The van der Waals surface area contributed by atoms with Gasteiger partial charge in [0.1, 0.15) is 0 Å². The van der Waals surface area contributed by atoms with Gasteiger partial charge in [0.15, 0.2) is 0 Å². The second-order valence-electron chi connectivity index (χ2n) is 4.30. The van der Waals surface area contributed by atoms with E-state index in [1.54, 1.807) is 0 Å². The van der Waals surface area contributed by atoms with Crippen LogP contribution in [0.4, 0.5) is 5.69 Å². The Morgan fingerprint density at radius 2 is 1.76 bits per heavy atom. The molecule has 0 radical (unpaired) electrons. The number of halogens is 1. The SMILES string of the molecule is C[C@@H](C#N)N1CCN(c2ccc(Cl)cc2)CC1. The van der Waals surface area contributed by atoms with E-state index in [1.165, 1.54) is 5.69 Å². The van der Waals surface area contributed by atoms with Crippen molar-refractivity contribution in [3.8, 4) is 6.07 Å². The minimum absolute atomic E-state index is 0.0161. The fraction of sp³-hybridized carbons (Fsp3) is 0.462. The standard InChI is InChI=1S/C13H16ClN3/c1-11(10-15)16-6-8-17(9-7-16)13-4-2-12(14)3-5-13/h2-5,11H,6-9H2,1H3/t11-/m0/s1. The predicted molar refractivity (Wildman–Crippen MR) is 70.3 cm³/mol. The lowest BCUT2D eigenvalue weighted by molar-refractivity contribution is 0.231. The van der Waals surface area contributed by atoms with Gasteiger partial charge in [-0.25, -0.2) is 0 Å². The zero-order chi connectivity index (χ0) is 12.3. The van der Waals surface area contributed by atoms with Crippen molar-refractivity contribution in [2.45, 2.75) is 13.0 Å². The van der Waals surface area contributed by atoms with Gasteiger partial charge in [0, 0.05) is 36.9 Å². The van der Waals surface area contributed by atoms with Gasteiger partial charge in [0.2, 0.25) is 0 Å². The smallest absolute Gasteiger partial charge is 0.0950 e. The average molecular weight is 250 g/mol. The van der Waals surface area contributed by atoms with Crippen molar-refractivity contribution < 1.29 is 0 Å². The molecule has 4 heteroatoms. The molecule has 1 fully saturated rings. The lowest BCUT2D eigenvalue weighted by Gasteiger charge is -2.37. The number of anilines is 1. The second kappa shape index (κ2) is 5.39. The molecule has 0 bridgehead atoms. The molecule has 3 nitrogen and oxygen atoms in total. The second-order valence-corrected chi connectivity index (χ2v) is 4.74. The molecule has 0 spiro atoms. The lowest BCUT2D eigenvalue weighted by Crippen LogP contribution is -2.49. The van der Waals surface area contributed by atoms with E-state index < -0.39 is 0 Å². The molecule has 0 aliphatic carbocycles. The molecule has 0 saturated carbocycles. The number of nitriles is 1. The van der Waals surface area contributed by atoms with E-state index >= 15 is 0 Å². The van der Waals surface area contributed by atoms with E-state index in [-0.39, 0.29) is 6.04 Å². The first kappa shape index (κ1) is 12.2. The summed E-state index contributed by atoms with van der Waals surface area (Å²) in [5, 5.41) is 9.65. The summed E-state index contributed by atoms with van der Waals surface area (Å²) in [7, 11) is 0. The van der Waals surface area contributed by atoms with Crippen molar-refractivity contribution in [3.63, 3.8) is 0 Å². The highest BCUT2D eigenvalue weighted by atomic mass is 35.5. The molecule has 0 aromatic heterocycles. The van der Waals surface area contributed by atoms with Gasteiger partial charge in [0.25, 0.3) is 0 Å². The van der Waals surface area contributed by atoms with E-state index in [4.69, 9.17) is 16.9 Å². The van der Waals surface area contributed by atoms with E-state index in [0.717, 1.165) is 31.2 Å². The maximum atomic E-state index is 8.88. The van der Waals surface area contributed by atoms with Crippen LogP contribution in [0.5, 0.6) is 0 Å². The van der Waals surface area contributed by atoms with Crippen molar-refractivity contribution in [2.75, 3.05) is 31.1 Å². The first-order valence-electron chi connectivity index (χ1n) is 5.85. The third-order valence-electron chi connectivity index (χ3n) is 3.24. The topological polar surface area (TPSA) is 30.3 Å². The average Bonchev–Trinajstić information content (AvgIpc) is 2.39. The van der Waals surface area contributed by atoms with Crippen molar-refractivity contribution >= 4 is 17.3 Å². The van der Waals surface area contributed by atoms with Crippen LogP contribution in [-0.4, -0.2) is 37.1 Å². The molecule has 1 aliphatic heterocycles. The number of hydrogen-bond donors (Lipinski definition) is 0. The predicted octanol–water partition coefficient (Wildman–Crippen LogP) is 2.37. The van der Waals surface area contributed by atoms with E-state index in [2.05, 4.69) is 15.9 Å². The normalized spacial score (nSPS) is 18.8. The van der Waals surface area contributed by atoms with Gasteiger partial charge in [0.05, 0.1) is 12.1 Å². The third kappa shape index (κ3) is 2.91. The number of piperazine rings is 1. The lowest BCUT2D eigenvalue weighted by atomic mass is 10.2. The molecule has 0 N–H and O–H groups in total. The highest BCUT2D eigenvalue weighted by Crippen LogP contribution is 2.19. The van der Waals surface area contributed by atoms with Gasteiger partial charge >= 0.3 is 0 Å². The number of rotatable bonds is 2. The molecule has 2 rings (SSSR count). The van der Waals surface area contributed by atoms with Crippen LogP contribution in [0.25, 0.3) is 0 Å². The maximum absolute atomic E-state index is 8.88. The van der Waals surface area contributed by atoms with Crippen LogP contribution in [0, 0.1) is 11.3 Å². The van der Waals surface area contributed by atoms with Gasteiger partial charge in [-0.3, -0.25) is 4.90 Å². The highest BCUT2D eigenvalue weighted by Gasteiger charge is 2.20. The minimum Gasteiger partial charge on any atom is -0.369 e. The van der Waals surface area contributed by atoms with Crippen molar-refractivity contribution in [1.29, 1.82) is 5.26 Å². The Hall–Kier alpha value is -1.24. The quantitative estimate of drug-likeness (QED) is 0.806. The molecule has 17 heavy (non-hydrogen) atoms. The summed E-state index contributed by atoms with van der Waals surface area (Å²) in [6, 6.07) is 10.2. The van der Waals surface area contributed by atoms with Crippen molar-refractivity contribution in [1.82, 2.24) is 4.90 Å². The number of benzene rings is 1. The van der Waals surface area contributed by atoms with Crippen molar-refractivity contribution in [3.05, 3.63) is 29.3 Å². The summed E-state index contributed by atoms with van der Waals surface area (Å²) >= 11 is 5.87. The molecule has 1 aromatic rings. The zero-order valence-electron chi connectivity index (χ0n) is 9.93. The van der Waals surface area contributed by atoms with Gasteiger partial charge in [-0.1, -0.05) is 11.6 Å². The molecule has 1 heterocycles. The Morgan fingerprint density at radius 3 is 2.29 bits per heavy atom. The molecular formula is C13H16ClN3. The summed E-state index contributed by atoms with van der Waals surface area (Å²) in [5.41, 5.74) is 1.21. The monoisotopic (exact) mass is 249 g/mol. The molecule has 1 saturated heterocycles. The largest absolute Gasteiger partial charge is 0.369 e. The van der Waals surface area contributed by atoms with Gasteiger partial charge in [-0.15, -0.1) is 0 Å². The van der Waals surface area contributed by atoms with Crippen LogP contribution in [0.3, 0.4) is 0 Å². The Labute approximate surface area is 107 Å². The summed E-state index contributed by atoms with van der Waals surface area (Å²) in [6.07, 6.45) is 0. The number of nitrogens with zero attached hydrogens (tertiary/aromatic N) is 3. The highest BCUT2D eigenvalue weighted by molar-refractivity contribution is 6.30. The maximum Gasteiger partial charge on any atom is 0.0950 e. The van der Waals surface area contributed by atoms with Crippen LogP contribution >= 0.6 is 11.6 Å². The van der Waals surface area contributed by atoms with Crippen LogP contribution in [0.2, 0.25) is 5.02 Å². The first-order chi connectivity index (χ1) is 8.20. The molecular weight excluding hydrogens is 234 g/mol. The summed E-state index contributed by atoms with van der Waals surface area (Å²) < 4.78 is 0. The molecule has 0 amide bonds. The summed E-state index contributed by atoms with van der Waals surface area (Å²) in [4.78, 5) is 4.54.